The second kappa shape index (κ2) is 7.38. The zero-order chi connectivity index (χ0) is 23.8. The van der Waals surface area contributed by atoms with Gasteiger partial charge in [-0.1, -0.05) is 45.5 Å². The van der Waals surface area contributed by atoms with Crippen molar-refractivity contribution in [2.75, 3.05) is 11.9 Å². The molecule has 1 N–H and O–H groups in total. The zero-order valence-corrected chi connectivity index (χ0v) is 20.5. The molecule has 0 fully saturated rings. The first-order valence-corrected chi connectivity index (χ1v) is 12.3. The van der Waals surface area contributed by atoms with Gasteiger partial charge in [0.15, 0.2) is 4.80 Å². The topological polar surface area (TPSA) is 99.0 Å². The Morgan fingerprint density at radius 1 is 1.29 bits per heavy atom. The van der Waals surface area contributed by atoms with Crippen LogP contribution < -0.4 is 24.9 Å². The largest absolute Gasteiger partial charge is 0.466 e. The Morgan fingerprint density at radius 3 is 2.88 bits per heavy atom. The highest BCUT2D eigenvalue weighted by Crippen LogP contribution is 2.47. The van der Waals surface area contributed by atoms with E-state index in [1.807, 2.05) is 30.3 Å². The predicted molar refractivity (Wildman–Crippen MR) is 128 cm³/mol. The van der Waals surface area contributed by atoms with Gasteiger partial charge in [-0.25, -0.2) is 4.99 Å². The van der Waals surface area contributed by atoms with E-state index in [1.54, 1.807) is 26.0 Å². The van der Waals surface area contributed by atoms with Crippen LogP contribution in [0.4, 0.5) is 5.69 Å². The fourth-order valence-electron chi connectivity index (χ4n) is 4.95. The fraction of sp³-hybridized carbons (Fsp3) is 0.250. The maximum absolute atomic E-state index is 13.9. The molecule has 0 saturated carbocycles. The number of nitrogens with zero attached hydrogens (tertiary/aromatic N) is 2. The molecule has 3 aliphatic heterocycles. The molecule has 2 aromatic carbocycles. The summed E-state index contributed by atoms with van der Waals surface area (Å²) in [5.74, 6) is -1.14. The number of hydrogen-bond donors (Lipinski definition) is 1. The molecule has 3 atom stereocenters. The highest BCUT2D eigenvalue weighted by molar-refractivity contribution is 9.10. The molecule has 1 amide bonds. The molecular weight excluding hydrogens is 522 g/mol. The first kappa shape index (κ1) is 21.3. The molecule has 0 spiro atoms. The van der Waals surface area contributed by atoms with Crippen molar-refractivity contribution in [2.24, 2.45) is 10.9 Å². The molecule has 172 valence electrons. The van der Waals surface area contributed by atoms with E-state index in [0.29, 0.717) is 32.9 Å². The molecule has 10 heteroatoms. The number of carbonyl (C=O) groups excluding carboxylic acids is 2. The fourth-order valence-corrected chi connectivity index (χ4v) is 6.51. The number of amides is 1. The number of para-hydroxylation sites is 1. The van der Waals surface area contributed by atoms with Crippen LogP contribution in [-0.4, -0.2) is 28.8 Å². The number of halogens is 1. The van der Waals surface area contributed by atoms with Gasteiger partial charge >= 0.3 is 5.97 Å². The molecule has 3 aromatic rings. The molecule has 4 heterocycles. The SMILES string of the molecule is CCOC(=O)[C@@H]1[C@H]2c3ccccc3O[C@@]1(C)N=c1s/c(=C3\C(=O)Nc4ccc(Br)cc43)c(=O)n12. The van der Waals surface area contributed by atoms with Crippen molar-refractivity contribution in [3.63, 3.8) is 0 Å². The van der Waals surface area contributed by atoms with Crippen LogP contribution in [-0.2, 0) is 14.3 Å². The van der Waals surface area contributed by atoms with Gasteiger partial charge in [-0.05, 0) is 38.1 Å². The molecule has 0 unspecified atom stereocenters. The quantitative estimate of drug-likeness (QED) is 0.504. The number of aromatic nitrogens is 1. The molecule has 2 bridgehead atoms. The van der Waals surface area contributed by atoms with Crippen molar-refractivity contribution in [2.45, 2.75) is 25.6 Å². The number of ether oxygens (including phenoxy) is 2. The lowest BCUT2D eigenvalue weighted by molar-refractivity contribution is -0.160. The summed E-state index contributed by atoms with van der Waals surface area (Å²) in [5.41, 5.74) is 0.640. The van der Waals surface area contributed by atoms with Crippen LogP contribution >= 0.6 is 27.3 Å². The third-order valence-electron chi connectivity index (χ3n) is 6.35. The summed E-state index contributed by atoms with van der Waals surface area (Å²) < 4.78 is 14.2. The standard InChI is InChI=1S/C24H18BrN3O5S/c1-3-32-22(31)17-18-12-6-4-5-7-15(12)33-24(17,2)27-23-28(18)21(30)19(34-23)16-13-10-11(25)8-9-14(13)26-20(16)29/h4-10,17-18H,3H2,1-2H3,(H,26,29)/b19-16-/t17-,18+,24+/m0/s1. The van der Waals surface area contributed by atoms with E-state index in [9.17, 15) is 14.4 Å². The normalized spacial score (nSPS) is 25.3. The first-order valence-electron chi connectivity index (χ1n) is 10.7. The predicted octanol–water partition coefficient (Wildman–Crippen LogP) is 2.33. The van der Waals surface area contributed by atoms with Crippen molar-refractivity contribution >= 4 is 50.4 Å². The Hall–Kier alpha value is -3.24. The number of anilines is 1. The lowest BCUT2D eigenvalue weighted by Gasteiger charge is -2.44. The lowest BCUT2D eigenvalue weighted by Crippen LogP contribution is -2.58. The Labute approximate surface area is 205 Å². The summed E-state index contributed by atoms with van der Waals surface area (Å²) in [6.45, 7) is 3.66. The number of fused-ring (bicyclic) bond motifs is 7. The summed E-state index contributed by atoms with van der Waals surface area (Å²) in [5, 5.41) is 2.83. The van der Waals surface area contributed by atoms with E-state index in [4.69, 9.17) is 14.5 Å². The van der Waals surface area contributed by atoms with Crippen LogP contribution in [0, 0.1) is 5.92 Å². The van der Waals surface area contributed by atoms with Gasteiger partial charge in [0.25, 0.3) is 11.5 Å². The highest BCUT2D eigenvalue weighted by Gasteiger charge is 2.56. The van der Waals surface area contributed by atoms with Crippen molar-refractivity contribution < 1.29 is 19.1 Å². The van der Waals surface area contributed by atoms with Crippen LogP contribution in [0.25, 0.3) is 5.57 Å². The van der Waals surface area contributed by atoms with E-state index >= 15 is 0 Å². The summed E-state index contributed by atoms with van der Waals surface area (Å²) in [7, 11) is 0. The van der Waals surface area contributed by atoms with Crippen molar-refractivity contribution in [1.82, 2.24) is 4.57 Å². The Bertz CT molecular complexity index is 1590. The van der Waals surface area contributed by atoms with Gasteiger partial charge in [0.05, 0.1) is 18.2 Å². The number of esters is 1. The van der Waals surface area contributed by atoms with Gasteiger partial charge < -0.3 is 14.8 Å². The molecule has 6 rings (SSSR count). The van der Waals surface area contributed by atoms with Gasteiger partial charge in [0, 0.05) is 21.3 Å². The third-order valence-corrected chi connectivity index (χ3v) is 7.90. The summed E-state index contributed by atoms with van der Waals surface area (Å²) in [4.78, 5) is 45.1. The molecule has 0 radical (unpaired) electrons. The van der Waals surface area contributed by atoms with Gasteiger partial charge in [-0.2, -0.15) is 0 Å². The lowest BCUT2D eigenvalue weighted by atomic mass is 9.81. The first-order chi connectivity index (χ1) is 16.3. The molecule has 1 aromatic heterocycles. The van der Waals surface area contributed by atoms with Gasteiger partial charge in [0.2, 0.25) is 5.72 Å². The third kappa shape index (κ3) is 2.88. The molecular formula is C24H18BrN3O5S. The monoisotopic (exact) mass is 539 g/mol. The van der Waals surface area contributed by atoms with E-state index in [1.165, 1.54) is 4.57 Å². The number of benzene rings is 2. The molecule has 0 aliphatic carbocycles. The Kier molecular flexibility index (Phi) is 4.62. The van der Waals surface area contributed by atoms with Crippen molar-refractivity contribution in [3.05, 3.63) is 77.8 Å². The smallest absolute Gasteiger partial charge is 0.317 e. The maximum Gasteiger partial charge on any atom is 0.317 e. The van der Waals surface area contributed by atoms with E-state index in [0.717, 1.165) is 15.8 Å². The number of carbonyl (C=O) groups is 2. The van der Waals surface area contributed by atoms with Gasteiger partial charge in [0.1, 0.15) is 16.2 Å². The summed E-state index contributed by atoms with van der Waals surface area (Å²) >= 11 is 4.57. The zero-order valence-electron chi connectivity index (χ0n) is 18.1. The average Bonchev–Trinajstić information content (AvgIpc) is 3.27. The Morgan fingerprint density at radius 2 is 2.09 bits per heavy atom. The average molecular weight is 540 g/mol. The molecule has 3 aliphatic rings. The minimum absolute atomic E-state index is 0.195. The van der Waals surface area contributed by atoms with Crippen LogP contribution in [0.1, 0.15) is 31.0 Å². The summed E-state index contributed by atoms with van der Waals surface area (Å²) in [6.07, 6.45) is 0. The summed E-state index contributed by atoms with van der Waals surface area (Å²) in [6, 6.07) is 12.1. The highest BCUT2D eigenvalue weighted by atomic mass is 79.9. The van der Waals surface area contributed by atoms with Crippen molar-refractivity contribution in [3.8, 4) is 5.75 Å². The maximum atomic E-state index is 13.9. The number of nitrogens with one attached hydrogen (secondary N) is 1. The van der Waals surface area contributed by atoms with E-state index in [2.05, 4.69) is 21.2 Å². The number of hydrogen-bond acceptors (Lipinski definition) is 7. The van der Waals surface area contributed by atoms with Crippen LogP contribution in [0.15, 0.2) is 56.7 Å². The molecule has 8 nitrogen and oxygen atoms in total. The second-order valence-electron chi connectivity index (χ2n) is 8.39. The van der Waals surface area contributed by atoms with E-state index < -0.39 is 23.7 Å². The number of rotatable bonds is 2. The Balaban J connectivity index is 1.69. The van der Waals surface area contributed by atoms with Gasteiger partial charge in [-0.15, -0.1) is 0 Å². The minimum Gasteiger partial charge on any atom is -0.466 e. The van der Waals surface area contributed by atoms with Crippen LogP contribution in [0.3, 0.4) is 0 Å². The second-order valence-corrected chi connectivity index (χ2v) is 10.3. The molecule has 0 saturated heterocycles. The minimum atomic E-state index is -1.26. The van der Waals surface area contributed by atoms with E-state index in [-0.39, 0.29) is 22.6 Å². The number of thiazole rings is 1. The molecule has 34 heavy (non-hydrogen) atoms. The van der Waals surface area contributed by atoms with Crippen molar-refractivity contribution in [1.29, 1.82) is 0 Å². The van der Waals surface area contributed by atoms with Crippen LogP contribution in [0.5, 0.6) is 5.75 Å². The van der Waals surface area contributed by atoms with Gasteiger partial charge in [-0.3, -0.25) is 19.0 Å². The van der Waals surface area contributed by atoms with Crippen LogP contribution in [0.2, 0.25) is 0 Å².